The predicted octanol–water partition coefficient (Wildman–Crippen LogP) is 4.69. The first-order chi connectivity index (χ1) is 9.45. The van der Waals surface area contributed by atoms with Gasteiger partial charge < -0.3 is 5.11 Å². The van der Waals surface area contributed by atoms with E-state index in [0.29, 0.717) is 10.3 Å². The molecule has 2 nitrogen and oxygen atoms in total. The number of alkyl halides is 3. The third-order valence-corrected chi connectivity index (χ3v) is 4.12. The van der Waals surface area contributed by atoms with Crippen molar-refractivity contribution in [3.05, 3.63) is 48.3 Å². The first-order valence-electron chi connectivity index (χ1n) is 5.69. The maximum Gasteiger partial charge on any atom is 0.416 e. The number of halogens is 3. The van der Waals surface area contributed by atoms with Crippen molar-refractivity contribution in [2.45, 2.75) is 6.18 Å². The van der Waals surface area contributed by atoms with Crippen LogP contribution >= 0.6 is 11.3 Å². The first kappa shape index (κ1) is 12.9. The molecule has 0 spiro atoms. The van der Waals surface area contributed by atoms with Crippen LogP contribution in [0.25, 0.3) is 20.5 Å². The fourth-order valence-electron chi connectivity index (χ4n) is 1.91. The highest BCUT2D eigenvalue weighted by molar-refractivity contribution is 7.22. The van der Waals surface area contributed by atoms with Crippen molar-refractivity contribution in [3.8, 4) is 16.2 Å². The van der Waals surface area contributed by atoms with Crippen LogP contribution in [0.2, 0.25) is 0 Å². The quantitative estimate of drug-likeness (QED) is 0.706. The Morgan fingerprint density at radius 1 is 1.05 bits per heavy atom. The van der Waals surface area contributed by atoms with Gasteiger partial charge in [-0.25, -0.2) is 0 Å². The smallest absolute Gasteiger partial charge is 0.416 e. The van der Waals surface area contributed by atoms with Gasteiger partial charge in [-0.05, 0) is 23.8 Å². The van der Waals surface area contributed by atoms with Crippen molar-refractivity contribution in [1.29, 1.82) is 0 Å². The highest BCUT2D eigenvalue weighted by Gasteiger charge is 2.30. The molecule has 2 heterocycles. The molecule has 0 amide bonds. The summed E-state index contributed by atoms with van der Waals surface area (Å²) in [6.07, 6.45) is -1.38. The number of fused-ring (bicyclic) bond motifs is 1. The van der Waals surface area contributed by atoms with Crippen LogP contribution in [0.1, 0.15) is 5.56 Å². The van der Waals surface area contributed by atoms with E-state index in [1.807, 2.05) is 0 Å². The number of hydrogen-bond acceptors (Lipinski definition) is 3. The molecule has 1 aromatic carbocycles. The first-order valence-corrected chi connectivity index (χ1v) is 6.51. The molecule has 2 aromatic heterocycles. The van der Waals surface area contributed by atoms with Crippen molar-refractivity contribution < 1.29 is 18.3 Å². The lowest BCUT2D eigenvalue weighted by Crippen LogP contribution is -2.03. The Bertz CT molecular complexity index is 762. The second-order valence-electron chi connectivity index (χ2n) is 4.26. The van der Waals surface area contributed by atoms with E-state index in [9.17, 15) is 18.3 Å². The summed E-state index contributed by atoms with van der Waals surface area (Å²) in [4.78, 5) is 4.66. The van der Waals surface area contributed by atoms with E-state index >= 15 is 0 Å². The van der Waals surface area contributed by atoms with Gasteiger partial charge in [-0.3, -0.25) is 4.98 Å². The molecule has 0 aliphatic heterocycles. The van der Waals surface area contributed by atoms with Gasteiger partial charge in [0.2, 0.25) is 0 Å². The normalized spacial score (nSPS) is 11.9. The van der Waals surface area contributed by atoms with Gasteiger partial charge >= 0.3 is 6.18 Å². The van der Waals surface area contributed by atoms with Crippen LogP contribution in [-0.2, 0) is 6.18 Å². The van der Waals surface area contributed by atoms with E-state index in [0.717, 1.165) is 22.4 Å². The lowest BCUT2D eigenvalue weighted by atomic mass is 10.1. The molecule has 0 aliphatic carbocycles. The fraction of sp³-hybridized carbons (Fsp3) is 0.0714. The van der Waals surface area contributed by atoms with Gasteiger partial charge in [-0.1, -0.05) is 12.1 Å². The van der Waals surface area contributed by atoms with E-state index in [2.05, 4.69) is 4.98 Å². The minimum absolute atomic E-state index is 0.0747. The third-order valence-electron chi connectivity index (χ3n) is 2.90. The summed E-state index contributed by atoms with van der Waals surface area (Å²) in [5.41, 5.74) is 0.00507. The van der Waals surface area contributed by atoms with Gasteiger partial charge in [-0.2, -0.15) is 13.2 Å². The Labute approximate surface area is 116 Å². The molecule has 0 saturated carbocycles. The Kier molecular flexibility index (Phi) is 2.90. The van der Waals surface area contributed by atoms with Crippen LogP contribution in [-0.4, -0.2) is 10.1 Å². The van der Waals surface area contributed by atoms with Crippen molar-refractivity contribution in [2.24, 2.45) is 0 Å². The van der Waals surface area contributed by atoms with Gasteiger partial charge in [0, 0.05) is 16.5 Å². The van der Waals surface area contributed by atoms with Gasteiger partial charge in [0.25, 0.3) is 0 Å². The van der Waals surface area contributed by atoms with Crippen LogP contribution in [0.3, 0.4) is 0 Å². The summed E-state index contributed by atoms with van der Waals surface area (Å²) in [7, 11) is 0. The number of rotatable bonds is 1. The number of hydrogen-bond donors (Lipinski definition) is 1. The van der Waals surface area contributed by atoms with Crippen LogP contribution in [0.4, 0.5) is 13.2 Å². The van der Waals surface area contributed by atoms with E-state index in [4.69, 9.17) is 0 Å². The largest absolute Gasteiger partial charge is 0.505 e. The van der Waals surface area contributed by atoms with Crippen molar-refractivity contribution >= 4 is 21.4 Å². The molecule has 0 radical (unpaired) electrons. The summed E-state index contributed by atoms with van der Waals surface area (Å²) in [6.45, 7) is 0. The summed E-state index contributed by atoms with van der Waals surface area (Å²) in [5, 5.41) is 10.4. The molecule has 20 heavy (non-hydrogen) atoms. The molecule has 3 rings (SSSR count). The maximum atomic E-state index is 12.5. The van der Waals surface area contributed by atoms with Gasteiger partial charge in [0.15, 0.2) is 5.75 Å². The van der Waals surface area contributed by atoms with Crippen molar-refractivity contribution in [2.75, 3.05) is 0 Å². The second kappa shape index (κ2) is 4.49. The number of benzene rings is 1. The molecule has 0 saturated heterocycles. The zero-order valence-corrected chi connectivity index (χ0v) is 10.8. The Hall–Kier alpha value is -2.08. The van der Waals surface area contributed by atoms with Crippen LogP contribution in [0.15, 0.2) is 42.7 Å². The lowest BCUT2D eigenvalue weighted by molar-refractivity contribution is -0.137. The molecule has 0 fully saturated rings. The molecular formula is C14H8F3NOS. The maximum absolute atomic E-state index is 12.5. The minimum atomic E-state index is -4.33. The zero-order valence-electron chi connectivity index (χ0n) is 9.98. The molecule has 3 aromatic rings. The molecule has 0 aliphatic rings. The molecule has 6 heteroatoms. The molecule has 102 valence electrons. The second-order valence-corrected chi connectivity index (χ2v) is 5.31. The molecule has 0 unspecified atom stereocenters. The minimum Gasteiger partial charge on any atom is -0.505 e. The zero-order chi connectivity index (χ0) is 14.3. The van der Waals surface area contributed by atoms with Crippen LogP contribution in [0.5, 0.6) is 5.75 Å². The monoisotopic (exact) mass is 295 g/mol. The number of aromatic nitrogens is 1. The van der Waals surface area contributed by atoms with Crippen LogP contribution in [0, 0.1) is 0 Å². The van der Waals surface area contributed by atoms with E-state index in [1.165, 1.54) is 29.7 Å². The van der Waals surface area contributed by atoms with Crippen molar-refractivity contribution in [3.63, 3.8) is 0 Å². The SMILES string of the molecule is Oc1cncc2cc(-c3ccc(C(F)(F)F)cc3)sc12. The summed E-state index contributed by atoms with van der Waals surface area (Å²) >= 11 is 1.32. The van der Waals surface area contributed by atoms with Gasteiger partial charge in [0.1, 0.15) is 0 Å². The van der Waals surface area contributed by atoms with Crippen molar-refractivity contribution in [1.82, 2.24) is 4.98 Å². The standard InChI is InChI=1S/C14H8F3NOS/c15-14(16,17)10-3-1-8(2-4-10)12-5-9-6-18-7-11(19)13(9)20-12/h1-7,19H. The van der Waals surface area contributed by atoms with Crippen LogP contribution < -0.4 is 0 Å². The van der Waals surface area contributed by atoms with Gasteiger partial charge in [-0.15, -0.1) is 11.3 Å². The highest BCUT2D eigenvalue weighted by atomic mass is 32.1. The summed E-state index contributed by atoms with van der Waals surface area (Å²) < 4.78 is 38.2. The van der Waals surface area contributed by atoms with E-state index < -0.39 is 11.7 Å². The predicted molar refractivity (Wildman–Crippen MR) is 71.7 cm³/mol. The molecular weight excluding hydrogens is 287 g/mol. The number of pyridine rings is 1. The number of aromatic hydroxyl groups is 1. The average molecular weight is 295 g/mol. The summed E-state index contributed by atoms with van der Waals surface area (Å²) in [5.74, 6) is 0.0747. The average Bonchev–Trinajstić information content (AvgIpc) is 2.83. The molecule has 0 atom stereocenters. The molecule has 1 N–H and O–H groups in total. The third kappa shape index (κ3) is 2.22. The Morgan fingerprint density at radius 3 is 2.35 bits per heavy atom. The van der Waals surface area contributed by atoms with E-state index in [-0.39, 0.29) is 5.75 Å². The Balaban J connectivity index is 2.05. The molecule has 0 bridgehead atoms. The Morgan fingerprint density at radius 2 is 1.75 bits per heavy atom. The fourth-order valence-corrected chi connectivity index (χ4v) is 2.96. The van der Waals surface area contributed by atoms with Gasteiger partial charge in [0.05, 0.1) is 16.5 Å². The van der Waals surface area contributed by atoms with E-state index in [1.54, 1.807) is 12.3 Å². The number of thiophene rings is 1. The summed E-state index contributed by atoms with van der Waals surface area (Å²) in [6, 6.07) is 6.76. The lowest BCUT2D eigenvalue weighted by Gasteiger charge is -2.06. The highest BCUT2D eigenvalue weighted by Crippen LogP contribution is 2.38. The topological polar surface area (TPSA) is 33.1 Å². The number of nitrogens with zero attached hydrogens (tertiary/aromatic N) is 1.